The molecule has 5 nitrogen and oxygen atoms in total. The standard InChI is InChI=1S/C17H25NO.C16H23FN2O/c1-14(2)8-9-17(19)18-12-10-16(11-13-18)15-6-4-3-5-7-15;1-13(2)3-8-16(20)19-11-9-18(10-12-19)15-6-4-14(17)5-7-15/h3-7,14,16H,8-13H2,1-2H3;4-7,13H,3,8-12H2,1-2H3. The van der Waals surface area contributed by atoms with Crippen LogP contribution in [-0.2, 0) is 9.59 Å². The van der Waals surface area contributed by atoms with Gasteiger partial charge in [-0.05, 0) is 73.3 Å². The summed E-state index contributed by atoms with van der Waals surface area (Å²) in [6.07, 6.45) is 5.55. The van der Waals surface area contributed by atoms with E-state index < -0.39 is 0 Å². The molecule has 2 aromatic rings. The molecular weight excluding hydrogens is 489 g/mol. The average molecular weight is 538 g/mol. The highest BCUT2D eigenvalue weighted by Crippen LogP contribution is 2.28. The highest BCUT2D eigenvalue weighted by atomic mass is 19.1. The van der Waals surface area contributed by atoms with E-state index in [9.17, 15) is 14.0 Å². The smallest absolute Gasteiger partial charge is 0.222 e. The predicted octanol–water partition coefficient (Wildman–Crippen LogP) is 6.74. The molecule has 0 aliphatic carbocycles. The van der Waals surface area contributed by atoms with E-state index >= 15 is 0 Å². The van der Waals surface area contributed by atoms with Crippen molar-refractivity contribution in [2.75, 3.05) is 44.2 Å². The van der Waals surface area contributed by atoms with Crippen molar-refractivity contribution in [1.82, 2.24) is 9.80 Å². The lowest BCUT2D eigenvalue weighted by molar-refractivity contribution is -0.133. The number of amides is 2. The van der Waals surface area contributed by atoms with Gasteiger partial charge in [0, 0.05) is 57.8 Å². The Morgan fingerprint density at radius 3 is 1.69 bits per heavy atom. The molecule has 0 bridgehead atoms. The third kappa shape index (κ3) is 10.3. The van der Waals surface area contributed by atoms with Crippen molar-refractivity contribution in [3.05, 3.63) is 66.0 Å². The third-order valence-corrected chi connectivity index (χ3v) is 7.81. The van der Waals surface area contributed by atoms with Crippen molar-refractivity contribution in [3.63, 3.8) is 0 Å². The quantitative estimate of drug-likeness (QED) is 0.375. The summed E-state index contributed by atoms with van der Waals surface area (Å²) in [7, 11) is 0. The summed E-state index contributed by atoms with van der Waals surface area (Å²) in [5, 5.41) is 0. The lowest BCUT2D eigenvalue weighted by Crippen LogP contribution is -2.48. The van der Waals surface area contributed by atoms with E-state index in [1.165, 1.54) is 17.7 Å². The predicted molar refractivity (Wildman–Crippen MR) is 158 cm³/mol. The maximum Gasteiger partial charge on any atom is 0.222 e. The lowest BCUT2D eigenvalue weighted by atomic mass is 9.89. The van der Waals surface area contributed by atoms with Gasteiger partial charge in [0.1, 0.15) is 5.82 Å². The van der Waals surface area contributed by atoms with Crippen LogP contribution in [0.25, 0.3) is 0 Å². The van der Waals surface area contributed by atoms with Gasteiger partial charge in [-0.15, -0.1) is 0 Å². The topological polar surface area (TPSA) is 43.9 Å². The average Bonchev–Trinajstić information content (AvgIpc) is 2.96. The van der Waals surface area contributed by atoms with Gasteiger partial charge in [-0.3, -0.25) is 9.59 Å². The van der Waals surface area contributed by atoms with E-state index in [2.05, 4.69) is 67.8 Å². The van der Waals surface area contributed by atoms with Crippen molar-refractivity contribution in [2.24, 2.45) is 11.8 Å². The van der Waals surface area contributed by atoms with Crippen LogP contribution in [0.2, 0.25) is 0 Å². The summed E-state index contributed by atoms with van der Waals surface area (Å²) in [4.78, 5) is 30.3. The van der Waals surface area contributed by atoms with Crippen molar-refractivity contribution >= 4 is 17.5 Å². The van der Waals surface area contributed by atoms with Crippen molar-refractivity contribution in [3.8, 4) is 0 Å². The number of carbonyl (C=O) groups excluding carboxylic acids is 2. The first-order valence-corrected chi connectivity index (χ1v) is 14.8. The van der Waals surface area contributed by atoms with Crippen LogP contribution in [0.5, 0.6) is 0 Å². The van der Waals surface area contributed by atoms with E-state index in [1.54, 1.807) is 12.1 Å². The fraction of sp³-hybridized carbons (Fsp3) is 0.576. The Hall–Kier alpha value is -2.89. The molecule has 4 rings (SSSR count). The second kappa shape index (κ2) is 15.6. The molecule has 2 fully saturated rings. The van der Waals surface area contributed by atoms with E-state index in [0.717, 1.165) is 70.6 Å². The van der Waals surface area contributed by atoms with E-state index in [4.69, 9.17) is 0 Å². The molecule has 2 amide bonds. The van der Waals surface area contributed by atoms with Crippen LogP contribution in [0.15, 0.2) is 54.6 Å². The molecule has 2 heterocycles. The Morgan fingerprint density at radius 2 is 1.21 bits per heavy atom. The SMILES string of the molecule is CC(C)CCC(=O)N1CCC(c2ccccc2)CC1.CC(C)CCC(=O)N1CCN(c2ccc(F)cc2)CC1. The molecule has 0 saturated carbocycles. The fourth-order valence-corrected chi connectivity index (χ4v) is 5.19. The highest BCUT2D eigenvalue weighted by molar-refractivity contribution is 5.76. The number of hydrogen-bond donors (Lipinski definition) is 0. The highest BCUT2D eigenvalue weighted by Gasteiger charge is 2.23. The Labute approximate surface area is 235 Å². The lowest BCUT2D eigenvalue weighted by Gasteiger charge is -2.36. The molecule has 0 aromatic heterocycles. The molecule has 39 heavy (non-hydrogen) atoms. The van der Waals surface area contributed by atoms with Gasteiger partial charge in [0.05, 0.1) is 0 Å². The number of piperidine rings is 1. The minimum absolute atomic E-state index is 0.212. The monoisotopic (exact) mass is 537 g/mol. The van der Waals surface area contributed by atoms with Crippen LogP contribution < -0.4 is 4.90 Å². The Morgan fingerprint density at radius 1 is 0.718 bits per heavy atom. The Balaban J connectivity index is 0.000000216. The maximum absolute atomic E-state index is 12.9. The number of hydrogen-bond acceptors (Lipinski definition) is 3. The molecule has 2 aliphatic heterocycles. The summed E-state index contributed by atoms with van der Waals surface area (Å²) >= 11 is 0. The second-order valence-electron chi connectivity index (χ2n) is 11.8. The number of likely N-dealkylation sites (tertiary alicyclic amines) is 1. The van der Waals surface area contributed by atoms with Crippen LogP contribution in [0, 0.1) is 17.7 Å². The zero-order valence-electron chi connectivity index (χ0n) is 24.4. The normalized spacial score (nSPS) is 16.3. The van der Waals surface area contributed by atoms with E-state index in [0.29, 0.717) is 36.5 Å². The first kappa shape index (κ1) is 30.6. The van der Waals surface area contributed by atoms with Gasteiger partial charge in [0.25, 0.3) is 0 Å². The molecule has 2 aromatic carbocycles. The van der Waals surface area contributed by atoms with Crippen LogP contribution >= 0.6 is 0 Å². The number of halogens is 1. The number of anilines is 1. The number of carbonyl (C=O) groups is 2. The van der Waals surface area contributed by atoms with Gasteiger partial charge in [0.15, 0.2) is 0 Å². The first-order chi connectivity index (χ1) is 18.7. The Bertz CT molecular complexity index is 993. The molecule has 0 spiro atoms. The molecule has 2 saturated heterocycles. The van der Waals surface area contributed by atoms with Gasteiger partial charge in [-0.25, -0.2) is 4.39 Å². The van der Waals surface area contributed by atoms with Crippen molar-refractivity contribution in [2.45, 2.75) is 72.1 Å². The molecule has 0 atom stereocenters. The van der Waals surface area contributed by atoms with E-state index in [1.807, 2.05) is 4.90 Å². The second-order valence-corrected chi connectivity index (χ2v) is 11.8. The summed E-state index contributed by atoms with van der Waals surface area (Å²) in [6, 6.07) is 17.3. The van der Waals surface area contributed by atoms with Crippen LogP contribution in [0.1, 0.15) is 77.7 Å². The molecule has 0 unspecified atom stereocenters. The van der Waals surface area contributed by atoms with Crippen LogP contribution in [-0.4, -0.2) is 60.9 Å². The molecular formula is C33H48FN3O2. The number of piperazine rings is 1. The zero-order chi connectivity index (χ0) is 28.2. The zero-order valence-corrected chi connectivity index (χ0v) is 24.4. The molecule has 0 N–H and O–H groups in total. The van der Waals surface area contributed by atoms with Gasteiger partial charge in [-0.2, -0.15) is 0 Å². The number of rotatable bonds is 8. The van der Waals surface area contributed by atoms with Gasteiger partial charge in [0.2, 0.25) is 11.8 Å². The minimum atomic E-state index is -0.212. The summed E-state index contributed by atoms with van der Waals surface area (Å²) in [6.45, 7) is 13.6. The van der Waals surface area contributed by atoms with Crippen LogP contribution in [0.4, 0.5) is 10.1 Å². The summed E-state index contributed by atoms with van der Waals surface area (Å²) in [5.41, 5.74) is 2.46. The summed E-state index contributed by atoms with van der Waals surface area (Å²) < 4.78 is 12.9. The molecule has 214 valence electrons. The summed E-state index contributed by atoms with van der Waals surface area (Å²) in [5.74, 6) is 2.22. The maximum atomic E-state index is 12.9. The molecule has 6 heteroatoms. The van der Waals surface area contributed by atoms with Gasteiger partial charge in [-0.1, -0.05) is 58.0 Å². The number of nitrogens with zero attached hydrogens (tertiary/aromatic N) is 3. The largest absolute Gasteiger partial charge is 0.368 e. The molecule has 2 aliphatic rings. The van der Waals surface area contributed by atoms with Crippen molar-refractivity contribution in [1.29, 1.82) is 0 Å². The van der Waals surface area contributed by atoms with Gasteiger partial charge >= 0.3 is 0 Å². The third-order valence-electron chi connectivity index (χ3n) is 7.81. The van der Waals surface area contributed by atoms with E-state index in [-0.39, 0.29) is 11.7 Å². The Kier molecular flexibility index (Phi) is 12.3. The minimum Gasteiger partial charge on any atom is -0.368 e. The first-order valence-electron chi connectivity index (χ1n) is 14.8. The number of benzene rings is 2. The molecule has 0 radical (unpaired) electrons. The van der Waals surface area contributed by atoms with Gasteiger partial charge < -0.3 is 14.7 Å². The van der Waals surface area contributed by atoms with Crippen molar-refractivity contribution < 1.29 is 14.0 Å². The fourth-order valence-electron chi connectivity index (χ4n) is 5.19. The van der Waals surface area contributed by atoms with Crippen LogP contribution in [0.3, 0.4) is 0 Å².